The Morgan fingerprint density at radius 2 is 2.25 bits per heavy atom. The molecule has 1 fully saturated rings. The van der Waals surface area contributed by atoms with Crippen molar-refractivity contribution in [1.29, 1.82) is 0 Å². The van der Waals surface area contributed by atoms with Crippen LogP contribution in [0.4, 0.5) is 0 Å². The van der Waals surface area contributed by atoms with Crippen molar-refractivity contribution in [3.63, 3.8) is 0 Å². The summed E-state index contributed by atoms with van der Waals surface area (Å²) in [4.78, 5) is 11.2. The Kier molecular flexibility index (Phi) is 2.39. The summed E-state index contributed by atoms with van der Waals surface area (Å²) < 4.78 is 4.79. The van der Waals surface area contributed by atoms with Gasteiger partial charge in [-0.05, 0) is 13.3 Å². The Labute approximate surface area is 71.2 Å². The van der Waals surface area contributed by atoms with E-state index in [4.69, 9.17) is 9.84 Å². The van der Waals surface area contributed by atoms with Gasteiger partial charge in [-0.3, -0.25) is 4.79 Å². The fraction of sp³-hybridized carbons (Fsp3) is 0.875. The van der Waals surface area contributed by atoms with E-state index in [0.717, 1.165) is 0 Å². The van der Waals surface area contributed by atoms with Gasteiger partial charge in [0.2, 0.25) is 0 Å². The summed E-state index contributed by atoms with van der Waals surface area (Å²) in [7, 11) is 0. The molecule has 0 aromatic carbocycles. The number of rotatable bonds is 2. The number of cyclic esters (lactones) is 1. The van der Waals surface area contributed by atoms with Crippen LogP contribution in [-0.2, 0) is 9.53 Å². The summed E-state index contributed by atoms with van der Waals surface area (Å²) in [5, 5.41) is 18.3. The monoisotopic (exact) mass is 174 g/mol. The number of carbonyl (C=O) groups is 1. The molecule has 1 saturated heterocycles. The molecule has 0 aromatic rings. The highest BCUT2D eigenvalue weighted by atomic mass is 16.6. The highest BCUT2D eigenvalue weighted by molar-refractivity contribution is 5.79. The van der Waals surface area contributed by atoms with Gasteiger partial charge in [0.1, 0.15) is 6.10 Å². The first-order valence-corrected chi connectivity index (χ1v) is 4.06. The van der Waals surface area contributed by atoms with Crippen molar-refractivity contribution in [3.05, 3.63) is 0 Å². The lowest BCUT2D eigenvalue weighted by atomic mass is 9.82. The first-order chi connectivity index (χ1) is 5.56. The Morgan fingerprint density at radius 3 is 2.50 bits per heavy atom. The van der Waals surface area contributed by atoms with Crippen LogP contribution in [0.2, 0.25) is 0 Å². The highest BCUT2D eigenvalue weighted by Gasteiger charge is 2.52. The van der Waals surface area contributed by atoms with Crippen LogP contribution in [0.1, 0.15) is 20.3 Å². The maximum absolute atomic E-state index is 11.2. The zero-order valence-electron chi connectivity index (χ0n) is 7.28. The van der Waals surface area contributed by atoms with E-state index in [2.05, 4.69) is 0 Å². The van der Waals surface area contributed by atoms with E-state index in [1.807, 2.05) is 6.92 Å². The van der Waals surface area contributed by atoms with Gasteiger partial charge in [0.25, 0.3) is 0 Å². The molecule has 0 bridgehead atoms. The fourth-order valence-electron chi connectivity index (χ4n) is 1.36. The lowest BCUT2D eigenvalue weighted by Gasteiger charge is -2.21. The molecule has 4 heteroatoms. The fourth-order valence-corrected chi connectivity index (χ4v) is 1.36. The molecule has 0 spiro atoms. The van der Waals surface area contributed by atoms with Gasteiger partial charge in [0, 0.05) is 0 Å². The summed E-state index contributed by atoms with van der Waals surface area (Å²) in [5.74, 6) is -0.420. The van der Waals surface area contributed by atoms with E-state index in [9.17, 15) is 9.90 Å². The van der Waals surface area contributed by atoms with Crippen LogP contribution in [-0.4, -0.2) is 35.0 Å². The number of esters is 1. The lowest BCUT2D eigenvalue weighted by Crippen LogP contribution is -2.37. The van der Waals surface area contributed by atoms with Crippen molar-refractivity contribution in [2.45, 2.75) is 32.5 Å². The maximum atomic E-state index is 11.2. The predicted molar refractivity (Wildman–Crippen MR) is 41.4 cm³/mol. The zero-order valence-corrected chi connectivity index (χ0v) is 7.28. The average molecular weight is 174 g/mol. The molecule has 0 saturated carbocycles. The van der Waals surface area contributed by atoms with Crippen LogP contribution in [0.15, 0.2) is 0 Å². The molecule has 0 aliphatic carbocycles. The molecule has 4 nitrogen and oxygen atoms in total. The Hall–Kier alpha value is -0.610. The van der Waals surface area contributed by atoms with Crippen molar-refractivity contribution in [2.75, 3.05) is 6.61 Å². The Balaban J connectivity index is 2.83. The molecule has 1 aliphatic heterocycles. The third-order valence-electron chi connectivity index (χ3n) is 2.64. The number of aliphatic hydroxyl groups is 2. The second kappa shape index (κ2) is 3.03. The summed E-state index contributed by atoms with van der Waals surface area (Å²) in [6, 6.07) is 0. The second-order valence-corrected chi connectivity index (χ2v) is 3.34. The molecule has 1 heterocycles. The predicted octanol–water partition coefficient (Wildman–Crippen LogP) is -0.319. The van der Waals surface area contributed by atoms with Gasteiger partial charge in [-0.2, -0.15) is 0 Å². The van der Waals surface area contributed by atoms with Gasteiger partial charge in [0.05, 0.1) is 12.0 Å². The minimum atomic E-state index is -0.889. The quantitative estimate of drug-likeness (QED) is 0.563. The molecule has 0 aromatic heterocycles. The number of hydrogen-bond acceptors (Lipinski definition) is 4. The van der Waals surface area contributed by atoms with Gasteiger partial charge < -0.3 is 14.9 Å². The van der Waals surface area contributed by atoms with Crippen molar-refractivity contribution in [2.24, 2.45) is 5.41 Å². The number of ether oxygens (including phenoxy) is 1. The minimum Gasteiger partial charge on any atom is -0.457 e. The van der Waals surface area contributed by atoms with Crippen LogP contribution in [0, 0.1) is 5.41 Å². The second-order valence-electron chi connectivity index (χ2n) is 3.34. The molecule has 3 atom stereocenters. The number of aliphatic hydroxyl groups excluding tert-OH is 2. The average Bonchev–Trinajstić information content (AvgIpc) is 2.30. The lowest BCUT2D eigenvalue weighted by molar-refractivity contribution is -0.149. The largest absolute Gasteiger partial charge is 0.457 e. The van der Waals surface area contributed by atoms with Crippen molar-refractivity contribution < 1.29 is 19.7 Å². The Morgan fingerprint density at radius 1 is 1.67 bits per heavy atom. The summed E-state index contributed by atoms with van der Waals surface area (Å²) in [6.45, 7) is 3.14. The molecule has 1 rings (SSSR count). The number of hydrogen-bond donors (Lipinski definition) is 2. The van der Waals surface area contributed by atoms with E-state index in [1.54, 1.807) is 6.92 Å². The van der Waals surface area contributed by atoms with Crippen molar-refractivity contribution >= 4 is 5.97 Å². The van der Waals surface area contributed by atoms with Gasteiger partial charge in [-0.15, -0.1) is 0 Å². The first-order valence-electron chi connectivity index (χ1n) is 4.06. The zero-order chi connectivity index (χ0) is 9.35. The molecule has 12 heavy (non-hydrogen) atoms. The third kappa shape index (κ3) is 1.11. The SMILES string of the molecule is CC[C@]1(C)C(=O)O[C@H](CO)[C@H]1O. The van der Waals surface area contributed by atoms with Gasteiger partial charge in [0.15, 0.2) is 6.10 Å². The normalized spacial score (nSPS) is 41.5. The minimum absolute atomic E-state index is 0.317. The van der Waals surface area contributed by atoms with Gasteiger partial charge in [-0.1, -0.05) is 6.92 Å². The van der Waals surface area contributed by atoms with Gasteiger partial charge in [-0.25, -0.2) is 0 Å². The van der Waals surface area contributed by atoms with E-state index < -0.39 is 23.6 Å². The summed E-state index contributed by atoms with van der Waals surface area (Å²) >= 11 is 0. The van der Waals surface area contributed by atoms with Crippen molar-refractivity contribution in [1.82, 2.24) is 0 Å². The first kappa shape index (κ1) is 9.48. The van der Waals surface area contributed by atoms with Crippen LogP contribution >= 0.6 is 0 Å². The van der Waals surface area contributed by atoms with Crippen LogP contribution in [0.5, 0.6) is 0 Å². The smallest absolute Gasteiger partial charge is 0.315 e. The molecular weight excluding hydrogens is 160 g/mol. The highest BCUT2D eigenvalue weighted by Crippen LogP contribution is 2.36. The summed E-state index contributed by atoms with van der Waals surface area (Å²) in [5.41, 5.74) is -0.840. The molecule has 70 valence electrons. The molecule has 0 radical (unpaired) electrons. The molecule has 2 N–H and O–H groups in total. The van der Waals surface area contributed by atoms with Crippen molar-refractivity contribution in [3.8, 4) is 0 Å². The van der Waals surface area contributed by atoms with Crippen LogP contribution < -0.4 is 0 Å². The van der Waals surface area contributed by atoms with E-state index >= 15 is 0 Å². The van der Waals surface area contributed by atoms with E-state index in [-0.39, 0.29) is 6.61 Å². The molecule has 1 aliphatic rings. The maximum Gasteiger partial charge on any atom is 0.315 e. The number of carbonyl (C=O) groups excluding carboxylic acids is 1. The topological polar surface area (TPSA) is 66.8 Å². The third-order valence-corrected chi connectivity index (χ3v) is 2.64. The van der Waals surface area contributed by atoms with E-state index in [0.29, 0.717) is 6.42 Å². The Bertz CT molecular complexity index is 191. The molecular formula is C8H14O4. The van der Waals surface area contributed by atoms with Crippen LogP contribution in [0.25, 0.3) is 0 Å². The summed E-state index contributed by atoms with van der Waals surface area (Å²) in [6.07, 6.45) is -1.12. The molecule has 0 amide bonds. The molecule has 0 unspecified atom stereocenters. The van der Waals surface area contributed by atoms with Crippen LogP contribution in [0.3, 0.4) is 0 Å². The van der Waals surface area contributed by atoms with E-state index in [1.165, 1.54) is 0 Å². The van der Waals surface area contributed by atoms with Gasteiger partial charge >= 0.3 is 5.97 Å². The standard InChI is InChI=1S/C8H14O4/c1-3-8(2)6(10)5(4-9)12-7(8)11/h5-6,9-10H,3-4H2,1-2H3/t5-,6-,8+/m1/s1.